The summed E-state index contributed by atoms with van der Waals surface area (Å²) in [7, 11) is 1.64. The van der Waals surface area contributed by atoms with Gasteiger partial charge in [0.05, 0.1) is 13.3 Å². The molecular weight excluding hydrogens is 212 g/mol. The Hall–Kier alpha value is -2.03. The summed E-state index contributed by atoms with van der Waals surface area (Å²) in [4.78, 5) is 4.28. The minimum atomic E-state index is 0.233. The van der Waals surface area contributed by atoms with Crippen molar-refractivity contribution in [3.05, 3.63) is 54.2 Å². The van der Waals surface area contributed by atoms with E-state index in [1.807, 2.05) is 30.3 Å². The fraction of sp³-hybridized carbons (Fsp3) is 0.214. The average molecular weight is 228 g/mol. The first-order valence-corrected chi connectivity index (χ1v) is 5.61. The summed E-state index contributed by atoms with van der Waals surface area (Å²) in [5.74, 6) is 1.62. The van der Waals surface area contributed by atoms with Crippen LogP contribution in [0.1, 0.15) is 18.5 Å². The molecule has 1 N–H and O–H groups in total. The van der Waals surface area contributed by atoms with Crippen molar-refractivity contribution in [3.63, 3.8) is 0 Å². The van der Waals surface area contributed by atoms with Crippen LogP contribution in [0.15, 0.2) is 48.7 Å². The van der Waals surface area contributed by atoms with Crippen molar-refractivity contribution in [2.24, 2.45) is 0 Å². The Labute approximate surface area is 101 Å². The molecule has 0 amide bonds. The van der Waals surface area contributed by atoms with E-state index in [4.69, 9.17) is 4.74 Å². The fourth-order valence-corrected chi connectivity index (χ4v) is 1.63. The van der Waals surface area contributed by atoms with E-state index in [1.54, 1.807) is 13.3 Å². The SMILES string of the molecule is COc1ccc(NC(C)c2ccccc2)nc1. The summed E-state index contributed by atoms with van der Waals surface area (Å²) in [6, 6.07) is 14.3. The van der Waals surface area contributed by atoms with Crippen molar-refractivity contribution in [3.8, 4) is 5.75 Å². The Morgan fingerprint density at radius 3 is 2.47 bits per heavy atom. The van der Waals surface area contributed by atoms with Gasteiger partial charge in [-0.15, -0.1) is 0 Å². The van der Waals surface area contributed by atoms with Crippen LogP contribution in [0.25, 0.3) is 0 Å². The minimum absolute atomic E-state index is 0.233. The lowest BCUT2D eigenvalue weighted by Crippen LogP contribution is -2.07. The van der Waals surface area contributed by atoms with Crippen LogP contribution in [-0.4, -0.2) is 12.1 Å². The van der Waals surface area contributed by atoms with Crippen molar-refractivity contribution in [1.82, 2.24) is 4.98 Å². The lowest BCUT2D eigenvalue weighted by atomic mass is 10.1. The molecule has 0 saturated carbocycles. The van der Waals surface area contributed by atoms with Crippen LogP contribution in [0.2, 0.25) is 0 Å². The number of nitrogens with zero attached hydrogens (tertiary/aromatic N) is 1. The van der Waals surface area contributed by atoms with Crippen molar-refractivity contribution < 1.29 is 4.74 Å². The van der Waals surface area contributed by atoms with Gasteiger partial charge >= 0.3 is 0 Å². The lowest BCUT2D eigenvalue weighted by molar-refractivity contribution is 0.413. The van der Waals surface area contributed by atoms with Crippen LogP contribution in [0.5, 0.6) is 5.75 Å². The molecule has 0 spiro atoms. The fourth-order valence-electron chi connectivity index (χ4n) is 1.63. The lowest BCUT2D eigenvalue weighted by Gasteiger charge is -2.14. The molecule has 0 fully saturated rings. The van der Waals surface area contributed by atoms with Crippen molar-refractivity contribution in [1.29, 1.82) is 0 Å². The number of rotatable bonds is 4. The second kappa shape index (κ2) is 5.34. The molecule has 1 aromatic carbocycles. The summed E-state index contributed by atoms with van der Waals surface area (Å²) in [6.07, 6.45) is 1.71. The van der Waals surface area contributed by atoms with E-state index in [0.29, 0.717) is 0 Å². The van der Waals surface area contributed by atoms with Gasteiger partial charge in [0, 0.05) is 6.04 Å². The highest BCUT2D eigenvalue weighted by molar-refractivity contribution is 5.40. The van der Waals surface area contributed by atoms with E-state index in [-0.39, 0.29) is 6.04 Å². The number of pyridine rings is 1. The maximum absolute atomic E-state index is 5.07. The first-order valence-electron chi connectivity index (χ1n) is 5.61. The number of nitrogens with one attached hydrogen (secondary N) is 1. The molecule has 0 aliphatic carbocycles. The average Bonchev–Trinajstić information content (AvgIpc) is 2.40. The predicted molar refractivity (Wildman–Crippen MR) is 69.3 cm³/mol. The third-order valence-corrected chi connectivity index (χ3v) is 2.64. The van der Waals surface area contributed by atoms with Gasteiger partial charge in [0.15, 0.2) is 0 Å². The number of methoxy groups -OCH3 is 1. The first kappa shape index (κ1) is 11.5. The molecule has 1 heterocycles. The molecule has 0 radical (unpaired) electrons. The first-order chi connectivity index (χ1) is 8.29. The van der Waals surface area contributed by atoms with E-state index >= 15 is 0 Å². The molecule has 1 aromatic heterocycles. The topological polar surface area (TPSA) is 34.1 Å². The summed E-state index contributed by atoms with van der Waals surface area (Å²) >= 11 is 0. The largest absolute Gasteiger partial charge is 0.495 e. The van der Waals surface area contributed by atoms with Gasteiger partial charge in [0.25, 0.3) is 0 Å². The molecule has 1 unspecified atom stereocenters. The van der Waals surface area contributed by atoms with Gasteiger partial charge in [-0.05, 0) is 24.6 Å². The number of hydrogen-bond acceptors (Lipinski definition) is 3. The van der Waals surface area contributed by atoms with Crippen LogP contribution in [0.4, 0.5) is 5.82 Å². The normalized spacial score (nSPS) is 11.9. The number of aromatic nitrogens is 1. The second-order valence-corrected chi connectivity index (χ2v) is 3.86. The molecule has 0 aliphatic rings. The Kier molecular flexibility index (Phi) is 3.60. The molecule has 0 saturated heterocycles. The molecule has 1 atom stereocenters. The Balaban J connectivity index is 2.05. The zero-order chi connectivity index (χ0) is 12.1. The maximum Gasteiger partial charge on any atom is 0.137 e. The predicted octanol–water partition coefficient (Wildman–Crippen LogP) is 3.26. The molecule has 2 rings (SSSR count). The smallest absolute Gasteiger partial charge is 0.137 e. The van der Waals surface area contributed by atoms with E-state index in [9.17, 15) is 0 Å². The third kappa shape index (κ3) is 2.97. The van der Waals surface area contributed by atoms with Crippen molar-refractivity contribution in [2.75, 3.05) is 12.4 Å². The van der Waals surface area contributed by atoms with Crippen LogP contribution < -0.4 is 10.1 Å². The molecular formula is C14H16N2O. The molecule has 3 heteroatoms. The van der Waals surface area contributed by atoms with Gasteiger partial charge in [-0.3, -0.25) is 0 Å². The van der Waals surface area contributed by atoms with E-state index in [2.05, 4.69) is 29.4 Å². The van der Waals surface area contributed by atoms with Crippen LogP contribution in [-0.2, 0) is 0 Å². The van der Waals surface area contributed by atoms with Crippen molar-refractivity contribution in [2.45, 2.75) is 13.0 Å². The van der Waals surface area contributed by atoms with Crippen LogP contribution in [0, 0.1) is 0 Å². The number of hydrogen-bond donors (Lipinski definition) is 1. The van der Waals surface area contributed by atoms with Gasteiger partial charge in [-0.1, -0.05) is 30.3 Å². The molecule has 17 heavy (non-hydrogen) atoms. The second-order valence-electron chi connectivity index (χ2n) is 3.86. The Morgan fingerprint density at radius 2 is 1.88 bits per heavy atom. The summed E-state index contributed by atoms with van der Waals surface area (Å²) in [5, 5.41) is 3.34. The zero-order valence-corrected chi connectivity index (χ0v) is 10.1. The standard InChI is InChI=1S/C14H16N2O/c1-11(12-6-4-3-5-7-12)16-14-9-8-13(17-2)10-15-14/h3-11H,1-2H3,(H,15,16). The molecule has 3 nitrogen and oxygen atoms in total. The summed E-state index contributed by atoms with van der Waals surface area (Å²) < 4.78 is 5.07. The maximum atomic E-state index is 5.07. The highest BCUT2D eigenvalue weighted by atomic mass is 16.5. The third-order valence-electron chi connectivity index (χ3n) is 2.64. The number of benzene rings is 1. The minimum Gasteiger partial charge on any atom is -0.495 e. The highest BCUT2D eigenvalue weighted by Gasteiger charge is 2.04. The zero-order valence-electron chi connectivity index (χ0n) is 10.1. The molecule has 2 aromatic rings. The van der Waals surface area contributed by atoms with Gasteiger partial charge in [-0.25, -0.2) is 4.98 Å². The molecule has 88 valence electrons. The summed E-state index contributed by atoms with van der Waals surface area (Å²) in [5.41, 5.74) is 1.24. The highest BCUT2D eigenvalue weighted by Crippen LogP contribution is 2.18. The van der Waals surface area contributed by atoms with Gasteiger partial charge in [-0.2, -0.15) is 0 Å². The van der Waals surface area contributed by atoms with E-state index in [1.165, 1.54) is 5.56 Å². The number of anilines is 1. The quantitative estimate of drug-likeness (QED) is 0.872. The summed E-state index contributed by atoms with van der Waals surface area (Å²) in [6.45, 7) is 2.11. The Bertz CT molecular complexity index is 453. The molecule has 0 aliphatic heterocycles. The van der Waals surface area contributed by atoms with Gasteiger partial charge < -0.3 is 10.1 Å². The van der Waals surface area contributed by atoms with E-state index < -0.39 is 0 Å². The Morgan fingerprint density at radius 1 is 1.12 bits per heavy atom. The van der Waals surface area contributed by atoms with Crippen LogP contribution in [0.3, 0.4) is 0 Å². The molecule has 0 bridgehead atoms. The van der Waals surface area contributed by atoms with Gasteiger partial charge in [0.1, 0.15) is 11.6 Å². The van der Waals surface area contributed by atoms with Crippen molar-refractivity contribution >= 4 is 5.82 Å². The number of ether oxygens (including phenoxy) is 1. The monoisotopic (exact) mass is 228 g/mol. The van der Waals surface area contributed by atoms with Gasteiger partial charge in [0.2, 0.25) is 0 Å². The van der Waals surface area contributed by atoms with E-state index in [0.717, 1.165) is 11.6 Å². The van der Waals surface area contributed by atoms with Crippen LogP contribution >= 0.6 is 0 Å².